The number of likely N-dealkylation sites (tertiary alicyclic amines) is 1. The molecule has 1 atom stereocenters. The second kappa shape index (κ2) is 11.2. The van der Waals surface area contributed by atoms with Gasteiger partial charge >= 0.3 is 11.7 Å². The topological polar surface area (TPSA) is 113 Å². The minimum atomic E-state index is -0.913. The van der Waals surface area contributed by atoms with Gasteiger partial charge in [0, 0.05) is 13.1 Å². The summed E-state index contributed by atoms with van der Waals surface area (Å²) in [5.74, 6) is -1.93. The Labute approximate surface area is 211 Å². The third-order valence-corrected chi connectivity index (χ3v) is 6.15. The van der Waals surface area contributed by atoms with Gasteiger partial charge in [0.2, 0.25) is 5.69 Å². The summed E-state index contributed by atoms with van der Waals surface area (Å²) >= 11 is 0. The maximum atomic E-state index is 14.7. The number of nitrogens with zero attached hydrogens (tertiary/aromatic N) is 4. The van der Waals surface area contributed by atoms with Crippen molar-refractivity contribution < 1.29 is 23.5 Å². The molecule has 2 heterocycles. The van der Waals surface area contributed by atoms with Crippen molar-refractivity contribution in [2.24, 2.45) is 5.92 Å². The lowest BCUT2D eigenvalue weighted by Crippen LogP contribution is -2.49. The van der Waals surface area contributed by atoms with Gasteiger partial charge in [-0.15, -0.1) is 0 Å². The van der Waals surface area contributed by atoms with Crippen LogP contribution >= 0.6 is 0 Å². The molecule has 1 aliphatic rings. The SMILES string of the molecule is CCOC(=O)[C@H]1CCCN(C(=O)c2nn(-c3ccccc3F)c(=O)n(Cc3cccc(OC)c3)c2=O)C1. The summed E-state index contributed by atoms with van der Waals surface area (Å²) in [5, 5.41) is 4.02. The Hall–Kier alpha value is -4.28. The van der Waals surface area contributed by atoms with E-state index >= 15 is 0 Å². The number of amides is 1. The van der Waals surface area contributed by atoms with Crippen LogP contribution in [0.15, 0.2) is 58.1 Å². The number of carbonyl (C=O) groups is 2. The first-order valence-electron chi connectivity index (χ1n) is 11.9. The number of hydrogen-bond acceptors (Lipinski definition) is 7. The van der Waals surface area contributed by atoms with Crippen molar-refractivity contribution in [1.29, 1.82) is 0 Å². The number of para-hydroxylation sites is 1. The summed E-state index contributed by atoms with van der Waals surface area (Å²) in [6.07, 6.45) is 1.07. The van der Waals surface area contributed by atoms with Crippen LogP contribution in [0.1, 0.15) is 35.8 Å². The second-order valence-electron chi connectivity index (χ2n) is 8.58. The summed E-state index contributed by atoms with van der Waals surface area (Å²) in [5.41, 5.74) is -2.01. The number of aromatic nitrogens is 3. The fraction of sp³-hybridized carbons (Fsp3) is 0.346. The molecular formula is C26H27FN4O6. The lowest BCUT2D eigenvalue weighted by molar-refractivity contribution is -0.149. The van der Waals surface area contributed by atoms with Gasteiger partial charge in [-0.2, -0.15) is 9.78 Å². The van der Waals surface area contributed by atoms with Crippen molar-refractivity contribution in [3.8, 4) is 11.4 Å². The maximum absolute atomic E-state index is 14.7. The fourth-order valence-electron chi connectivity index (χ4n) is 4.29. The van der Waals surface area contributed by atoms with Gasteiger partial charge in [0.25, 0.3) is 11.5 Å². The van der Waals surface area contributed by atoms with Gasteiger partial charge in [-0.1, -0.05) is 24.3 Å². The van der Waals surface area contributed by atoms with Crippen LogP contribution in [-0.4, -0.2) is 57.9 Å². The van der Waals surface area contributed by atoms with Crippen LogP contribution in [-0.2, 0) is 16.1 Å². The molecule has 11 heteroatoms. The van der Waals surface area contributed by atoms with Crippen LogP contribution in [0.3, 0.4) is 0 Å². The number of hydrogen-bond donors (Lipinski definition) is 0. The third kappa shape index (κ3) is 5.45. The molecule has 3 aromatic rings. The van der Waals surface area contributed by atoms with E-state index in [0.717, 1.165) is 15.3 Å². The highest BCUT2D eigenvalue weighted by Gasteiger charge is 2.32. The number of benzene rings is 2. The Balaban J connectivity index is 1.80. The molecule has 1 amide bonds. The van der Waals surface area contributed by atoms with Crippen LogP contribution in [0.5, 0.6) is 5.75 Å². The molecule has 0 saturated carbocycles. The first kappa shape index (κ1) is 25.8. The van der Waals surface area contributed by atoms with E-state index in [1.54, 1.807) is 31.2 Å². The second-order valence-corrected chi connectivity index (χ2v) is 8.58. The number of carbonyl (C=O) groups excluding carboxylic acids is 2. The van der Waals surface area contributed by atoms with E-state index in [-0.39, 0.29) is 25.4 Å². The monoisotopic (exact) mass is 510 g/mol. The molecule has 37 heavy (non-hydrogen) atoms. The Kier molecular flexibility index (Phi) is 7.80. The molecule has 0 aliphatic carbocycles. The van der Waals surface area contributed by atoms with Gasteiger partial charge in [0.1, 0.15) is 17.3 Å². The standard InChI is InChI=1S/C26H27FN4O6/c1-3-37-25(34)18-9-7-13-29(16-18)23(32)22-24(33)30(15-17-8-6-10-19(14-17)36-2)26(35)31(28-22)21-12-5-4-11-20(21)27/h4-6,8,10-12,14,18H,3,7,9,13,15-16H2,1-2H3/t18-/m0/s1. The molecule has 4 rings (SSSR count). The van der Waals surface area contributed by atoms with Crippen LogP contribution in [0.4, 0.5) is 4.39 Å². The number of ether oxygens (including phenoxy) is 2. The van der Waals surface area contributed by atoms with E-state index in [4.69, 9.17) is 9.47 Å². The molecule has 0 spiro atoms. The lowest BCUT2D eigenvalue weighted by Gasteiger charge is -2.31. The van der Waals surface area contributed by atoms with Gasteiger partial charge in [-0.05, 0) is 49.6 Å². The van der Waals surface area contributed by atoms with Gasteiger partial charge in [-0.25, -0.2) is 9.18 Å². The Morgan fingerprint density at radius 2 is 1.92 bits per heavy atom. The normalized spacial score (nSPS) is 15.3. The summed E-state index contributed by atoms with van der Waals surface area (Å²) in [7, 11) is 1.49. The van der Waals surface area contributed by atoms with Gasteiger partial charge in [0.05, 0.1) is 26.2 Å². The Bertz CT molecular complexity index is 1430. The highest BCUT2D eigenvalue weighted by atomic mass is 19.1. The van der Waals surface area contributed by atoms with Crippen LogP contribution in [0, 0.1) is 11.7 Å². The zero-order valence-electron chi connectivity index (χ0n) is 20.6. The molecule has 0 unspecified atom stereocenters. The van der Waals surface area contributed by atoms with Crippen molar-refractivity contribution >= 4 is 11.9 Å². The molecule has 1 aliphatic heterocycles. The predicted octanol–water partition coefficient (Wildman–Crippen LogP) is 2.01. The zero-order chi connectivity index (χ0) is 26.5. The van der Waals surface area contributed by atoms with Crippen LogP contribution in [0.25, 0.3) is 5.69 Å². The third-order valence-electron chi connectivity index (χ3n) is 6.15. The van der Waals surface area contributed by atoms with E-state index in [0.29, 0.717) is 30.7 Å². The first-order valence-corrected chi connectivity index (χ1v) is 11.9. The molecule has 0 bridgehead atoms. The van der Waals surface area contributed by atoms with Crippen molar-refractivity contribution in [3.05, 3.63) is 86.4 Å². The predicted molar refractivity (Wildman–Crippen MR) is 131 cm³/mol. The summed E-state index contributed by atoms with van der Waals surface area (Å²) < 4.78 is 26.5. The summed E-state index contributed by atoms with van der Waals surface area (Å²) in [6, 6.07) is 12.2. The minimum Gasteiger partial charge on any atom is -0.497 e. The molecule has 10 nitrogen and oxygen atoms in total. The van der Waals surface area contributed by atoms with E-state index in [1.807, 2.05) is 0 Å². The molecule has 1 fully saturated rings. The van der Waals surface area contributed by atoms with Crippen molar-refractivity contribution in [2.75, 3.05) is 26.8 Å². The molecule has 1 saturated heterocycles. The van der Waals surface area contributed by atoms with E-state index < -0.39 is 40.6 Å². The number of halogens is 1. The molecule has 194 valence electrons. The van der Waals surface area contributed by atoms with E-state index in [9.17, 15) is 23.6 Å². The Morgan fingerprint density at radius 1 is 1.14 bits per heavy atom. The van der Waals surface area contributed by atoms with Crippen molar-refractivity contribution in [3.63, 3.8) is 0 Å². The van der Waals surface area contributed by atoms with Gasteiger partial charge in [-0.3, -0.25) is 19.0 Å². The van der Waals surface area contributed by atoms with Crippen LogP contribution in [0.2, 0.25) is 0 Å². The quantitative estimate of drug-likeness (QED) is 0.447. The molecule has 0 radical (unpaired) electrons. The van der Waals surface area contributed by atoms with Gasteiger partial charge < -0.3 is 14.4 Å². The largest absolute Gasteiger partial charge is 0.497 e. The van der Waals surface area contributed by atoms with E-state index in [1.165, 1.54) is 30.2 Å². The van der Waals surface area contributed by atoms with Crippen LogP contribution < -0.4 is 16.0 Å². The molecule has 0 N–H and O–H groups in total. The Morgan fingerprint density at radius 3 is 2.65 bits per heavy atom. The zero-order valence-corrected chi connectivity index (χ0v) is 20.6. The van der Waals surface area contributed by atoms with Crippen molar-refractivity contribution in [1.82, 2.24) is 19.2 Å². The lowest BCUT2D eigenvalue weighted by atomic mass is 9.98. The molecule has 1 aromatic heterocycles. The number of esters is 1. The highest BCUT2D eigenvalue weighted by Crippen LogP contribution is 2.19. The maximum Gasteiger partial charge on any atom is 0.352 e. The van der Waals surface area contributed by atoms with Crippen molar-refractivity contribution in [2.45, 2.75) is 26.3 Å². The number of methoxy groups -OCH3 is 1. The minimum absolute atomic E-state index is 0.0491. The average molecular weight is 511 g/mol. The average Bonchev–Trinajstić information content (AvgIpc) is 2.92. The molecular weight excluding hydrogens is 483 g/mol. The summed E-state index contributed by atoms with van der Waals surface area (Å²) in [4.78, 5) is 53.9. The number of rotatable bonds is 7. The summed E-state index contributed by atoms with van der Waals surface area (Å²) in [6.45, 7) is 2.06. The first-order chi connectivity index (χ1) is 17.8. The van der Waals surface area contributed by atoms with E-state index in [2.05, 4.69) is 5.10 Å². The van der Waals surface area contributed by atoms with Gasteiger partial charge in [0.15, 0.2) is 0 Å². The fourth-order valence-corrected chi connectivity index (χ4v) is 4.29. The number of piperidine rings is 1. The smallest absolute Gasteiger partial charge is 0.352 e. The highest BCUT2D eigenvalue weighted by molar-refractivity contribution is 5.92. The molecule has 2 aromatic carbocycles.